The highest BCUT2D eigenvalue weighted by molar-refractivity contribution is 7.92. The number of hydrogen-bond donors (Lipinski definition) is 2. The Labute approximate surface area is 173 Å². The number of nitrogens with zero attached hydrogens (tertiary/aromatic N) is 1. The average Bonchev–Trinajstić information content (AvgIpc) is 2.78. The summed E-state index contributed by atoms with van der Waals surface area (Å²) in [5.41, 5.74) is 1.22. The van der Waals surface area contributed by atoms with Crippen LogP contribution in [-0.4, -0.2) is 32.5 Å². The Hall–Kier alpha value is -3.59. The van der Waals surface area contributed by atoms with Crippen LogP contribution in [-0.2, 0) is 16.6 Å². The lowest BCUT2D eigenvalue weighted by atomic mass is 10.1. The van der Waals surface area contributed by atoms with Crippen molar-refractivity contribution in [3.63, 3.8) is 0 Å². The van der Waals surface area contributed by atoms with Gasteiger partial charge in [-0.3, -0.25) is 14.5 Å². The number of fused-ring (bicyclic) bond motifs is 1. The first-order chi connectivity index (χ1) is 14.5. The number of para-hydroxylation sites is 1. The smallest absolute Gasteiger partial charge is 0.262 e. The molecule has 9 heteroatoms. The van der Waals surface area contributed by atoms with Gasteiger partial charge in [-0.25, -0.2) is 8.42 Å². The van der Waals surface area contributed by atoms with Gasteiger partial charge in [-0.05, 0) is 35.9 Å². The molecule has 8 nitrogen and oxygen atoms in total. The highest BCUT2D eigenvalue weighted by Crippen LogP contribution is 2.33. The SMILES string of the molecule is O=C(NCc1cccnc1)c1ccccc1NS(=O)(=O)c1ccc2c(c1)OCCO2. The molecule has 2 N–H and O–H groups in total. The van der Waals surface area contributed by atoms with Crippen molar-refractivity contribution in [1.29, 1.82) is 0 Å². The fraction of sp³-hybridized carbons (Fsp3) is 0.143. The standard InChI is InChI=1S/C21H19N3O5S/c25-21(23-14-15-4-3-9-22-13-15)17-5-1-2-6-18(17)24-30(26,27)16-7-8-19-20(12-16)29-11-10-28-19/h1-9,12-13,24H,10-11,14H2,(H,23,25). The molecule has 1 aliphatic heterocycles. The van der Waals surface area contributed by atoms with Crippen LogP contribution in [0.2, 0.25) is 0 Å². The Morgan fingerprint density at radius 2 is 1.80 bits per heavy atom. The minimum absolute atomic E-state index is 0.0114. The largest absolute Gasteiger partial charge is 0.486 e. The van der Waals surface area contributed by atoms with Crippen molar-refractivity contribution in [2.24, 2.45) is 0 Å². The number of amides is 1. The van der Waals surface area contributed by atoms with E-state index in [0.29, 0.717) is 24.7 Å². The second kappa shape index (κ2) is 8.42. The minimum Gasteiger partial charge on any atom is -0.486 e. The molecule has 1 aromatic heterocycles. The van der Waals surface area contributed by atoms with Crippen LogP contribution in [0.25, 0.3) is 0 Å². The van der Waals surface area contributed by atoms with Gasteiger partial charge in [-0.1, -0.05) is 18.2 Å². The van der Waals surface area contributed by atoms with E-state index >= 15 is 0 Å². The molecule has 0 unspecified atom stereocenters. The lowest BCUT2D eigenvalue weighted by molar-refractivity contribution is 0.0952. The van der Waals surface area contributed by atoms with Crippen LogP contribution in [0.15, 0.2) is 71.9 Å². The minimum atomic E-state index is -3.95. The zero-order chi connectivity index (χ0) is 21.0. The molecule has 154 valence electrons. The molecule has 2 aromatic carbocycles. The molecular formula is C21H19N3O5S. The highest BCUT2D eigenvalue weighted by atomic mass is 32.2. The summed E-state index contributed by atoms with van der Waals surface area (Å²) in [4.78, 5) is 16.7. The van der Waals surface area contributed by atoms with Crippen LogP contribution >= 0.6 is 0 Å². The van der Waals surface area contributed by atoms with Crippen LogP contribution in [0.1, 0.15) is 15.9 Å². The molecule has 0 atom stereocenters. The number of benzene rings is 2. The Bertz CT molecular complexity index is 1170. The van der Waals surface area contributed by atoms with E-state index in [0.717, 1.165) is 5.56 Å². The van der Waals surface area contributed by atoms with Crippen molar-refractivity contribution >= 4 is 21.6 Å². The molecule has 4 rings (SSSR count). The summed E-state index contributed by atoms with van der Waals surface area (Å²) in [7, 11) is -3.95. The van der Waals surface area contributed by atoms with Crippen LogP contribution in [0.4, 0.5) is 5.69 Å². The van der Waals surface area contributed by atoms with E-state index in [1.807, 2.05) is 6.07 Å². The molecule has 3 aromatic rings. The second-order valence-electron chi connectivity index (χ2n) is 6.50. The molecule has 0 bridgehead atoms. The predicted octanol–water partition coefficient (Wildman–Crippen LogP) is 2.58. The number of rotatable bonds is 6. The Morgan fingerprint density at radius 3 is 2.60 bits per heavy atom. The zero-order valence-electron chi connectivity index (χ0n) is 15.9. The van der Waals surface area contributed by atoms with Crippen molar-refractivity contribution < 1.29 is 22.7 Å². The number of ether oxygens (including phenoxy) is 2. The van der Waals surface area contributed by atoms with Crippen LogP contribution < -0.4 is 19.5 Å². The van der Waals surface area contributed by atoms with Crippen molar-refractivity contribution in [3.8, 4) is 11.5 Å². The van der Waals surface area contributed by atoms with Gasteiger partial charge in [0.1, 0.15) is 13.2 Å². The Kier molecular flexibility index (Phi) is 5.53. The van der Waals surface area contributed by atoms with Crippen LogP contribution in [0.5, 0.6) is 11.5 Å². The van der Waals surface area contributed by atoms with Gasteiger partial charge in [0, 0.05) is 25.0 Å². The predicted molar refractivity (Wildman–Crippen MR) is 110 cm³/mol. The summed E-state index contributed by atoms with van der Waals surface area (Å²) in [6.45, 7) is 1.04. The molecule has 2 heterocycles. The first-order valence-corrected chi connectivity index (χ1v) is 10.7. The average molecular weight is 425 g/mol. The Morgan fingerprint density at radius 1 is 1.00 bits per heavy atom. The summed E-state index contributed by atoms with van der Waals surface area (Å²) in [6, 6.07) is 14.4. The van der Waals surface area contributed by atoms with E-state index in [-0.39, 0.29) is 22.7 Å². The van der Waals surface area contributed by atoms with Crippen molar-refractivity contribution in [3.05, 3.63) is 78.1 Å². The molecule has 0 spiro atoms. The van der Waals surface area contributed by atoms with Gasteiger partial charge in [-0.2, -0.15) is 0 Å². The number of sulfonamides is 1. The lowest BCUT2D eigenvalue weighted by Crippen LogP contribution is -2.25. The van der Waals surface area contributed by atoms with E-state index in [2.05, 4.69) is 15.0 Å². The lowest BCUT2D eigenvalue weighted by Gasteiger charge is -2.19. The molecule has 1 amide bonds. The van der Waals surface area contributed by atoms with E-state index < -0.39 is 15.9 Å². The Balaban J connectivity index is 1.54. The molecule has 0 radical (unpaired) electrons. The van der Waals surface area contributed by atoms with E-state index in [1.165, 1.54) is 18.2 Å². The molecule has 0 fully saturated rings. The second-order valence-corrected chi connectivity index (χ2v) is 8.18. The van der Waals surface area contributed by atoms with Crippen LogP contribution in [0, 0.1) is 0 Å². The van der Waals surface area contributed by atoms with E-state index in [1.54, 1.807) is 42.7 Å². The number of aromatic nitrogens is 1. The molecule has 0 saturated carbocycles. The maximum atomic E-state index is 12.9. The summed E-state index contributed by atoms with van der Waals surface area (Å²) >= 11 is 0. The third-order valence-electron chi connectivity index (χ3n) is 4.42. The topological polar surface area (TPSA) is 107 Å². The third-order valence-corrected chi connectivity index (χ3v) is 5.78. The molecule has 0 saturated heterocycles. The normalized spacial score (nSPS) is 12.8. The van der Waals surface area contributed by atoms with Gasteiger partial charge in [0.2, 0.25) is 0 Å². The van der Waals surface area contributed by atoms with Gasteiger partial charge in [0.25, 0.3) is 15.9 Å². The summed E-state index contributed by atoms with van der Waals surface area (Å²) in [5, 5.41) is 2.77. The van der Waals surface area contributed by atoms with Crippen molar-refractivity contribution in [1.82, 2.24) is 10.3 Å². The number of nitrogens with one attached hydrogen (secondary N) is 2. The fourth-order valence-electron chi connectivity index (χ4n) is 2.94. The van der Waals surface area contributed by atoms with Gasteiger partial charge < -0.3 is 14.8 Å². The summed E-state index contributed by atoms with van der Waals surface area (Å²) < 4.78 is 39.2. The summed E-state index contributed by atoms with van der Waals surface area (Å²) in [6.07, 6.45) is 3.30. The molecule has 1 aliphatic rings. The van der Waals surface area contributed by atoms with Gasteiger partial charge in [0.05, 0.1) is 16.1 Å². The van der Waals surface area contributed by atoms with Crippen molar-refractivity contribution in [2.75, 3.05) is 17.9 Å². The number of hydrogen-bond acceptors (Lipinski definition) is 6. The molecule has 0 aliphatic carbocycles. The van der Waals surface area contributed by atoms with Gasteiger partial charge in [0.15, 0.2) is 11.5 Å². The zero-order valence-corrected chi connectivity index (χ0v) is 16.7. The monoisotopic (exact) mass is 425 g/mol. The fourth-order valence-corrected chi connectivity index (χ4v) is 4.04. The van der Waals surface area contributed by atoms with E-state index in [9.17, 15) is 13.2 Å². The maximum Gasteiger partial charge on any atom is 0.262 e. The highest BCUT2D eigenvalue weighted by Gasteiger charge is 2.21. The molecule has 30 heavy (non-hydrogen) atoms. The number of carbonyl (C=O) groups is 1. The first kappa shape index (κ1) is 19.7. The number of carbonyl (C=O) groups excluding carboxylic acids is 1. The van der Waals surface area contributed by atoms with Gasteiger partial charge in [-0.15, -0.1) is 0 Å². The molecular weight excluding hydrogens is 406 g/mol. The van der Waals surface area contributed by atoms with Crippen LogP contribution in [0.3, 0.4) is 0 Å². The van der Waals surface area contributed by atoms with Crippen molar-refractivity contribution in [2.45, 2.75) is 11.4 Å². The maximum absolute atomic E-state index is 12.9. The number of pyridine rings is 1. The number of anilines is 1. The third kappa shape index (κ3) is 4.36. The van der Waals surface area contributed by atoms with Gasteiger partial charge >= 0.3 is 0 Å². The first-order valence-electron chi connectivity index (χ1n) is 9.21. The summed E-state index contributed by atoms with van der Waals surface area (Å²) in [5.74, 6) is 0.460. The quantitative estimate of drug-likeness (QED) is 0.629. The van der Waals surface area contributed by atoms with E-state index in [4.69, 9.17) is 9.47 Å².